The molecule has 1 heterocycles. The number of carbonyl (C=O) groups is 1. The van der Waals surface area contributed by atoms with Gasteiger partial charge in [-0.05, 0) is 30.3 Å². The second kappa shape index (κ2) is 5.71. The Bertz CT molecular complexity index is 816. The average molecular weight is 319 g/mol. The number of carbonyl (C=O) groups excluding carboxylic acids is 1. The molecule has 21 heavy (non-hydrogen) atoms. The van der Waals surface area contributed by atoms with E-state index in [0.29, 0.717) is 27.0 Å². The predicted molar refractivity (Wildman–Crippen MR) is 85.6 cm³/mol. The zero-order valence-electron chi connectivity index (χ0n) is 11.1. The van der Waals surface area contributed by atoms with Gasteiger partial charge in [0.15, 0.2) is 5.13 Å². The first-order chi connectivity index (χ1) is 10.2. The molecule has 2 aromatic carbocycles. The van der Waals surface area contributed by atoms with Gasteiger partial charge in [0.05, 0.1) is 16.8 Å². The molecule has 0 spiro atoms. The highest BCUT2D eigenvalue weighted by Gasteiger charge is 2.11. The quantitative estimate of drug-likeness (QED) is 0.787. The van der Waals surface area contributed by atoms with E-state index in [1.54, 1.807) is 37.4 Å². The van der Waals surface area contributed by atoms with Crippen molar-refractivity contribution in [3.05, 3.63) is 53.1 Å². The molecule has 0 atom stereocenters. The largest absolute Gasteiger partial charge is 0.497 e. The molecular weight excluding hydrogens is 308 g/mol. The Balaban J connectivity index is 1.87. The van der Waals surface area contributed by atoms with E-state index >= 15 is 0 Å². The van der Waals surface area contributed by atoms with Gasteiger partial charge in [0.2, 0.25) is 0 Å². The molecule has 0 radical (unpaired) electrons. The number of benzene rings is 2. The van der Waals surface area contributed by atoms with E-state index < -0.39 is 0 Å². The number of halogens is 1. The third-order valence-corrected chi connectivity index (χ3v) is 4.16. The van der Waals surface area contributed by atoms with E-state index in [2.05, 4.69) is 10.3 Å². The van der Waals surface area contributed by atoms with Gasteiger partial charge < -0.3 is 4.74 Å². The van der Waals surface area contributed by atoms with Crippen molar-refractivity contribution in [1.29, 1.82) is 0 Å². The molecule has 0 aliphatic carbocycles. The minimum absolute atomic E-state index is 0.232. The SMILES string of the molecule is COc1cccc(C(=O)Nc2nc3c(Cl)cccc3s2)c1. The van der Waals surface area contributed by atoms with Gasteiger partial charge in [-0.25, -0.2) is 4.98 Å². The topological polar surface area (TPSA) is 51.2 Å². The molecule has 4 nitrogen and oxygen atoms in total. The first-order valence-electron chi connectivity index (χ1n) is 6.18. The number of para-hydroxylation sites is 1. The Labute approximate surface area is 130 Å². The van der Waals surface area contributed by atoms with E-state index in [0.717, 1.165) is 4.70 Å². The van der Waals surface area contributed by atoms with Gasteiger partial charge in [-0.3, -0.25) is 10.1 Å². The number of anilines is 1. The Hall–Kier alpha value is -2.11. The fourth-order valence-corrected chi connectivity index (χ4v) is 3.06. The monoisotopic (exact) mass is 318 g/mol. The van der Waals surface area contributed by atoms with E-state index in [-0.39, 0.29) is 5.91 Å². The molecule has 0 unspecified atom stereocenters. The molecular formula is C15H11ClN2O2S. The van der Waals surface area contributed by atoms with Gasteiger partial charge in [0, 0.05) is 5.56 Å². The number of nitrogens with zero attached hydrogens (tertiary/aromatic N) is 1. The number of fused-ring (bicyclic) bond motifs is 1. The number of thiazole rings is 1. The molecule has 3 rings (SSSR count). The van der Waals surface area contributed by atoms with Crippen molar-refractivity contribution in [2.24, 2.45) is 0 Å². The maximum Gasteiger partial charge on any atom is 0.257 e. The van der Waals surface area contributed by atoms with Crippen molar-refractivity contribution in [3.63, 3.8) is 0 Å². The highest BCUT2D eigenvalue weighted by Crippen LogP contribution is 2.30. The summed E-state index contributed by atoms with van der Waals surface area (Å²) in [7, 11) is 1.56. The summed E-state index contributed by atoms with van der Waals surface area (Å²) in [5.41, 5.74) is 1.21. The highest BCUT2D eigenvalue weighted by atomic mass is 35.5. The van der Waals surface area contributed by atoms with Crippen LogP contribution >= 0.6 is 22.9 Å². The summed E-state index contributed by atoms with van der Waals surface area (Å²) in [6.07, 6.45) is 0. The Morgan fingerprint density at radius 3 is 2.86 bits per heavy atom. The molecule has 3 aromatic rings. The standard InChI is InChI=1S/C15H11ClN2O2S/c1-20-10-5-2-4-9(8-10)14(19)18-15-17-13-11(16)6-3-7-12(13)21-15/h2-8H,1H3,(H,17,18,19). The number of aromatic nitrogens is 1. The van der Waals surface area contributed by atoms with Crippen molar-refractivity contribution in [1.82, 2.24) is 4.98 Å². The molecule has 0 aliphatic heterocycles. The number of hydrogen-bond donors (Lipinski definition) is 1. The van der Waals surface area contributed by atoms with E-state index in [1.807, 2.05) is 12.1 Å². The number of methoxy groups -OCH3 is 1. The molecule has 106 valence electrons. The Kier molecular flexibility index (Phi) is 3.77. The zero-order chi connectivity index (χ0) is 14.8. The van der Waals surface area contributed by atoms with E-state index in [1.165, 1.54) is 11.3 Å². The van der Waals surface area contributed by atoms with E-state index in [9.17, 15) is 4.79 Å². The van der Waals surface area contributed by atoms with Crippen LogP contribution in [-0.4, -0.2) is 18.0 Å². The molecule has 0 aliphatic rings. The summed E-state index contributed by atoms with van der Waals surface area (Å²) in [4.78, 5) is 16.6. The number of ether oxygens (including phenoxy) is 1. The summed E-state index contributed by atoms with van der Waals surface area (Å²) < 4.78 is 6.04. The zero-order valence-corrected chi connectivity index (χ0v) is 12.7. The van der Waals surface area contributed by atoms with Crippen LogP contribution < -0.4 is 10.1 Å². The van der Waals surface area contributed by atoms with Crippen molar-refractivity contribution < 1.29 is 9.53 Å². The van der Waals surface area contributed by atoms with Gasteiger partial charge in [0.25, 0.3) is 5.91 Å². The fraction of sp³-hybridized carbons (Fsp3) is 0.0667. The molecule has 1 N–H and O–H groups in total. The van der Waals surface area contributed by atoms with Gasteiger partial charge in [0.1, 0.15) is 11.3 Å². The maximum atomic E-state index is 12.2. The molecule has 1 amide bonds. The minimum Gasteiger partial charge on any atom is -0.497 e. The lowest BCUT2D eigenvalue weighted by Gasteiger charge is -2.03. The minimum atomic E-state index is -0.232. The van der Waals surface area contributed by atoms with Crippen LogP contribution in [0.25, 0.3) is 10.2 Å². The molecule has 1 aromatic heterocycles. The predicted octanol–water partition coefficient (Wildman–Crippen LogP) is 4.21. The van der Waals surface area contributed by atoms with Crippen molar-refractivity contribution in [2.75, 3.05) is 12.4 Å². The molecule has 6 heteroatoms. The summed E-state index contributed by atoms with van der Waals surface area (Å²) >= 11 is 7.46. The third-order valence-electron chi connectivity index (χ3n) is 2.92. The summed E-state index contributed by atoms with van der Waals surface area (Å²) in [6.45, 7) is 0. The van der Waals surface area contributed by atoms with Crippen LogP contribution in [0, 0.1) is 0 Å². The Morgan fingerprint density at radius 1 is 1.29 bits per heavy atom. The van der Waals surface area contributed by atoms with Gasteiger partial charge in [-0.15, -0.1) is 0 Å². The lowest BCUT2D eigenvalue weighted by atomic mass is 10.2. The van der Waals surface area contributed by atoms with Gasteiger partial charge >= 0.3 is 0 Å². The summed E-state index contributed by atoms with van der Waals surface area (Å²) in [5.74, 6) is 0.402. The van der Waals surface area contributed by atoms with Crippen LogP contribution in [-0.2, 0) is 0 Å². The number of amides is 1. The van der Waals surface area contributed by atoms with Crippen LogP contribution in [0.5, 0.6) is 5.75 Å². The third kappa shape index (κ3) is 2.84. The molecule has 0 bridgehead atoms. The van der Waals surface area contributed by atoms with Crippen molar-refractivity contribution in [3.8, 4) is 5.75 Å². The first-order valence-corrected chi connectivity index (χ1v) is 7.37. The normalized spacial score (nSPS) is 10.6. The van der Waals surface area contributed by atoms with Gasteiger partial charge in [-0.1, -0.05) is 35.1 Å². The van der Waals surface area contributed by atoms with Crippen LogP contribution in [0.15, 0.2) is 42.5 Å². The van der Waals surface area contributed by atoms with Crippen LogP contribution in [0.3, 0.4) is 0 Å². The summed E-state index contributed by atoms with van der Waals surface area (Å²) in [6, 6.07) is 12.5. The van der Waals surface area contributed by atoms with Crippen LogP contribution in [0.4, 0.5) is 5.13 Å². The molecule has 0 saturated heterocycles. The highest BCUT2D eigenvalue weighted by molar-refractivity contribution is 7.22. The van der Waals surface area contributed by atoms with Crippen molar-refractivity contribution in [2.45, 2.75) is 0 Å². The average Bonchev–Trinajstić information content (AvgIpc) is 2.91. The van der Waals surface area contributed by atoms with Crippen molar-refractivity contribution >= 4 is 44.2 Å². The smallest absolute Gasteiger partial charge is 0.257 e. The fourth-order valence-electron chi connectivity index (χ4n) is 1.90. The first kappa shape index (κ1) is 13.9. The van der Waals surface area contributed by atoms with E-state index in [4.69, 9.17) is 16.3 Å². The lowest BCUT2D eigenvalue weighted by molar-refractivity contribution is 0.102. The molecule has 0 saturated carbocycles. The lowest BCUT2D eigenvalue weighted by Crippen LogP contribution is -2.11. The Morgan fingerprint density at radius 2 is 2.10 bits per heavy atom. The van der Waals surface area contributed by atoms with Crippen LogP contribution in [0.1, 0.15) is 10.4 Å². The second-order valence-electron chi connectivity index (χ2n) is 4.29. The number of hydrogen-bond acceptors (Lipinski definition) is 4. The van der Waals surface area contributed by atoms with Crippen LogP contribution in [0.2, 0.25) is 5.02 Å². The number of rotatable bonds is 3. The summed E-state index contributed by atoms with van der Waals surface area (Å²) in [5, 5.41) is 3.87. The van der Waals surface area contributed by atoms with Gasteiger partial charge in [-0.2, -0.15) is 0 Å². The second-order valence-corrected chi connectivity index (χ2v) is 5.73. The molecule has 0 fully saturated rings. The number of nitrogens with one attached hydrogen (secondary N) is 1. The maximum absolute atomic E-state index is 12.2.